The van der Waals surface area contributed by atoms with E-state index in [9.17, 15) is 4.79 Å². The fraction of sp³-hybridized carbons (Fsp3) is 0.154. The summed E-state index contributed by atoms with van der Waals surface area (Å²) in [6, 6.07) is 11.1. The highest BCUT2D eigenvalue weighted by Crippen LogP contribution is 2.13. The molecule has 2 aromatic heterocycles. The van der Waals surface area contributed by atoms with Crippen molar-refractivity contribution in [2.45, 2.75) is 6.42 Å². The third-order valence-corrected chi connectivity index (χ3v) is 2.29. The number of carbonyl (C=O) groups is 1. The molecule has 0 saturated carbocycles. The average molecular weight is 228 g/mol. The SMILES string of the molecule is COC(=O)Cc1cccc(-c2ccccn2)n1. The second kappa shape index (κ2) is 5.21. The van der Waals surface area contributed by atoms with Crippen molar-refractivity contribution in [3.63, 3.8) is 0 Å². The second-order valence-corrected chi connectivity index (χ2v) is 3.48. The number of hydrogen-bond acceptors (Lipinski definition) is 4. The van der Waals surface area contributed by atoms with Crippen LogP contribution in [-0.4, -0.2) is 23.0 Å². The van der Waals surface area contributed by atoms with Crippen molar-refractivity contribution >= 4 is 5.97 Å². The van der Waals surface area contributed by atoms with Crippen LogP contribution in [0.3, 0.4) is 0 Å². The average Bonchev–Trinajstić information content (AvgIpc) is 2.40. The van der Waals surface area contributed by atoms with Gasteiger partial charge >= 0.3 is 5.97 Å². The Labute approximate surface area is 99.3 Å². The maximum Gasteiger partial charge on any atom is 0.311 e. The van der Waals surface area contributed by atoms with Crippen LogP contribution in [0.2, 0.25) is 0 Å². The molecule has 0 aliphatic rings. The molecule has 86 valence electrons. The van der Waals surface area contributed by atoms with Gasteiger partial charge < -0.3 is 4.74 Å². The van der Waals surface area contributed by atoms with Gasteiger partial charge in [-0.15, -0.1) is 0 Å². The van der Waals surface area contributed by atoms with Gasteiger partial charge in [0.25, 0.3) is 0 Å². The molecule has 0 unspecified atom stereocenters. The van der Waals surface area contributed by atoms with E-state index in [1.807, 2.05) is 30.3 Å². The smallest absolute Gasteiger partial charge is 0.311 e. The standard InChI is InChI=1S/C13H12N2O2/c1-17-13(16)9-10-5-4-7-12(15-10)11-6-2-3-8-14-11/h2-8H,9H2,1H3. The molecular formula is C13H12N2O2. The van der Waals surface area contributed by atoms with Crippen LogP contribution in [0.15, 0.2) is 42.6 Å². The normalized spacial score (nSPS) is 9.94. The Morgan fingerprint density at radius 3 is 2.71 bits per heavy atom. The molecule has 0 atom stereocenters. The Morgan fingerprint density at radius 1 is 1.18 bits per heavy atom. The lowest BCUT2D eigenvalue weighted by Crippen LogP contribution is -2.06. The molecular weight excluding hydrogens is 216 g/mol. The molecule has 2 rings (SSSR count). The molecule has 0 radical (unpaired) electrons. The molecule has 4 heteroatoms. The third kappa shape index (κ3) is 2.87. The van der Waals surface area contributed by atoms with Crippen molar-refractivity contribution in [3.8, 4) is 11.4 Å². The summed E-state index contributed by atoms with van der Waals surface area (Å²) in [5, 5.41) is 0. The predicted molar refractivity (Wildman–Crippen MR) is 63.2 cm³/mol. The zero-order chi connectivity index (χ0) is 12.1. The van der Waals surface area contributed by atoms with Gasteiger partial charge in [-0.3, -0.25) is 14.8 Å². The zero-order valence-electron chi connectivity index (χ0n) is 9.46. The first-order valence-electron chi connectivity index (χ1n) is 5.24. The molecule has 0 bridgehead atoms. The fourth-order valence-electron chi connectivity index (χ4n) is 1.46. The monoisotopic (exact) mass is 228 g/mol. The van der Waals surface area contributed by atoms with Crippen LogP contribution < -0.4 is 0 Å². The van der Waals surface area contributed by atoms with Crippen molar-refractivity contribution in [2.24, 2.45) is 0 Å². The zero-order valence-corrected chi connectivity index (χ0v) is 9.46. The van der Waals surface area contributed by atoms with E-state index < -0.39 is 0 Å². The second-order valence-electron chi connectivity index (χ2n) is 3.48. The van der Waals surface area contributed by atoms with Crippen molar-refractivity contribution in [1.29, 1.82) is 0 Å². The van der Waals surface area contributed by atoms with Gasteiger partial charge in [0.2, 0.25) is 0 Å². The summed E-state index contributed by atoms with van der Waals surface area (Å²) >= 11 is 0. The minimum atomic E-state index is -0.296. The first kappa shape index (κ1) is 11.3. The Hall–Kier alpha value is -2.23. The van der Waals surface area contributed by atoms with E-state index in [1.54, 1.807) is 12.3 Å². The lowest BCUT2D eigenvalue weighted by atomic mass is 10.2. The molecule has 0 spiro atoms. The number of carbonyl (C=O) groups excluding carboxylic acids is 1. The van der Waals surface area contributed by atoms with Crippen molar-refractivity contribution < 1.29 is 9.53 Å². The maximum atomic E-state index is 11.2. The van der Waals surface area contributed by atoms with Crippen LogP contribution in [0, 0.1) is 0 Å². The number of hydrogen-bond donors (Lipinski definition) is 0. The third-order valence-electron chi connectivity index (χ3n) is 2.29. The van der Waals surface area contributed by atoms with Crippen molar-refractivity contribution in [2.75, 3.05) is 7.11 Å². The van der Waals surface area contributed by atoms with Gasteiger partial charge in [0.05, 0.1) is 30.6 Å². The predicted octanol–water partition coefficient (Wildman–Crippen LogP) is 1.86. The number of nitrogens with zero attached hydrogens (tertiary/aromatic N) is 2. The van der Waals surface area contributed by atoms with Gasteiger partial charge in [0.1, 0.15) is 0 Å². The van der Waals surface area contributed by atoms with E-state index in [2.05, 4.69) is 14.7 Å². The van der Waals surface area contributed by atoms with Gasteiger partial charge in [0.15, 0.2) is 0 Å². The number of methoxy groups -OCH3 is 1. The van der Waals surface area contributed by atoms with E-state index >= 15 is 0 Å². The van der Waals surface area contributed by atoms with Crippen LogP contribution in [-0.2, 0) is 16.0 Å². The van der Waals surface area contributed by atoms with E-state index in [4.69, 9.17) is 0 Å². The summed E-state index contributed by atoms with van der Waals surface area (Å²) in [4.78, 5) is 19.7. The van der Waals surface area contributed by atoms with E-state index in [0.29, 0.717) is 5.69 Å². The quantitative estimate of drug-likeness (QED) is 0.752. The molecule has 2 heterocycles. The lowest BCUT2D eigenvalue weighted by molar-refractivity contribution is -0.139. The Kier molecular flexibility index (Phi) is 3.45. The van der Waals surface area contributed by atoms with Gasteiger partial charge in [-0.1, -0.05) is 12.1 Å². The molecule has 0 aromatic carbocycles. The number of pyridine rings is 2. The highest BCUT2D eigenvalue weighted by molar-refractivity contribution is 5.72. The van der Waals surface area contributed by atoms with Gasteiger partial charge in [0, 0.05) is 6.20 Å². The first-order valence-corrected chi connectivity index (χ1v) is 5.24. The van der Waals surface area contributed by atoms with E-state index in [1.165, 1.54) is 7.11 Å². The number of aromatic nitrogens is 2. The summed E-state index contributed by atoms with van der Waals surface area (Å²) in [5.74, 6) is -0.296. The van der Waals surface area contributed by atoms with Gasteiger partial charge in [-0.2, -0.15) is 0 Å². The van der Waals surface area contributed by atoms with Gasteiger partial charge in [-0.05, 0) is 24.3 Å². The molecule has 4 nitrogen and oxygen atoms in total. The minimum absolute atomic E-state index is 0.178. The number of esters is 1. The van der Waals surface area contributed by atoms with Crippen molar-refractivity contribution in [1.82, 2.24) is 9.97 Å². The van der Waals surface area contributed by atoms with Crippen molar-refractivity contribution in [3.05, 3.63) is 48.3 Å². The molecule has 0 N–H and O–H groups in total. The van der Waals surface area contributed by atoms with E-state index in [-0.39, 0.29) is 12.4 Å². The molecule has 17 heavy (non-hydrogen) atoms. The Morgan fingerprint density at radius 2 is 2.00 bits per heavy atom. The van der Waals surface area contributed by atoms with Crippen LogP contribution in [0.25, 0.3) is 11.4 Å². The summed E-state index contributed by atoms with van der Waals surface area (Å²) < 4.78 is 4.61. The lowest BCUT2D eigenvalue weighted by Gasteiger charge is -2.03. The number of rotatable bonds is 3. The molecule has 0 aliphatic heterocycles. The minimum Gasteiger partial charge on any atom is -0.469 e. The molecule has 0 fully saturated rings. The summed E-state index contributed by atoms with van der Waals surface area (Å²) in [5.41, 5.74) is 2.23. The Bertz CT molecular complexity index is 512. The molecule has 2 aromatic rings. The van der Waals surface area contributed by atoms with Crippen LogP contribution in [0.1, 0.15) is 5.69 Å². The van der Waals surface area contributed by atoms with Gasteiger partial charge in [-0.25, -0.2) is 0 Å². The van der Waals surface area contributed by atoms with Crippen LogP contribution in [0.5, 0.6) is 0 Å². The first-order chi connectivity index (χ1) is 8.29. The van der Waals surface area contributed by atoms with Crippen LogP contribution >= 0.6 is 0 Å². The maximum absolute atomic E-state index is 11.2. The molecule has 0 saturated heterocycles. The molecule has 0 aliphatic carbocycles. The van der Waals surface area contributed by atoms with Crippen LogP contribution in [0.4, 0.5) is 0 Å². The summed E-state index contributed by atoms with van der Waals surface area (Å²) in [7, 11) is 1.37. The summed E-state index contributed by atoms with van der Waals surface area (Å²) in [6.07, 6.45) is 1.89. The topological polar surface area (TPSA) is 52.1 Å². The van der Waals surface area contributed by atoms with E-state index in [0.717, 1.165) is 11.4 Å². The molecule has 0 amide bonds. The highest BCUT2D eigenvalue weighted by Gasteiger charge is 2.06. The number of ether oxygens (including phenoxy) is 1. The highest BCUT2D eigenvalue weighted by atomic mass is 16.5. The summed E-state index contributed by atoms with van der Waals surface area (Å²) in [6.45, 7) is 0. The Balaban J connectivity index is 2.26. The fourth-order valence-corrected chi connectivity index (χ4v) is 1.46. The largest absolute Gasteiger partial charge is 0.469 e.